The minimum Gasteiger partial charge on any atom is -0.406 e. The molecule has 1 saturated heterocycles. The smallest absolute Gasteiger partial charge is 0.406 e. The first kappa shape index (κ1) is 22.7. The highest BCUT2D eigenvalue weighted by Crippen LogP contribution is 2.32. The molecule has 3 aromatic carbocycles. The lowest BCUT2D eigenvalue weighted by atomic mass is 9.94. The van der Waals surface area contributed by atoms with Crippen molar-refractivity contribution in [1.82, 2.24) is 9.62 Å². The van der Waals surface area contributed by atoms with E-state index in [-0.39, 0.29) is 17.8 Å². The largest absolute Gasteiger partial charge is 0.573 e. The third-order valence-electron chi connectivity index (χ3n) is 5.45. The normalized spacial score (nSPS) is 17.4. The minimum atomic E-state index is -4.67. The Kier molecular flexibility index (Phi) is 7.40. The number of likely N-dealkylation sites (tertiary alicyclic amines) is 1. The zero-order valence-corrected chi connectivity index (χ0v) is 18.3. The molecule has 0 saturated carbocycles. The van der Waals surface area contributed by atoms with E-state index in [1.54, 1.807) is 12.1 Å². The van der Waals surface area contributed by atoms with E-state index in [1.807, 2.05) is 12.1 Å². The van der Waals surface area contributed by atoms with E-state index >= 15 is 0 Å². The summed E-state index contributed by atoms with van der Waals surface area (Å²) >= 11 is 1.45. The lowest BCUT2D eigenvalue weighted by Gasteiger charge is -2.39. The highest BCUT2D eigenvalue weighted by atomic mass is 32.2. The van der Waals surface area contributed by atoms with Crippen LogP contribution in [0.25, 0.3) is 0 Å². The molecule has 0 aromatic heterocycles. The van der Waals surface area contributed by atoms with Crippen molar-refractivity contribution in [2.45, 2.75) is 36.2 Å². The highest BCUT2D eigenvalue weighted by Gasteiger charge is 2.31. The van der Waals surface area contributed by atoms with E-state index in [0.29, 0.717) is 0 Å². The van der Waals surface area contributed by atoms with Crippen LogP contribution in [0.3, 0.4) is 0 Å². The molecule has 3 aromatic rings. The molecule has 1 heterocycles. The van der Waals surface area contributed by atoms with Crippen LogP contribution < -0.4 is 9.46 Å². The molecule has 168 valence electrons. The summed E-state index contributed by atoms with van der Waals surface area (Å²) in [5.74, 6) is -0.209. The van der Waals surface area contributed by atoms with Gasteiger partial charge in [0, 0.05) is 17.5 Å². The Morgan fingerprint density at radius 2 is 1.47 bits per heavy atom. The Hall–Kier alpha value is -2.48. The number of halogens is 3. The van der Waals surface area contributed by atoms with Gasteiger partial charge in [0.15, 0.2) is 0 Å². The van der Waals surface area contributed by atoms with Crippen LogP contribution in [0.5, 0.6) is 5.75 Å². The van der Waals surface area contributed by atoms with Gasteiger partial charge in [-0.05, 0) is 66.7 Å². The molecule has 7 heteroatoms. The average molecular weight is 459 g/mol. The molecule has 1 atom stereocenters. The molecule has 0 aliphatic carbocycles. The van der Waals surface area contributed by atoms with Crippen LogP contribution in [0.1, 0.15) is 30.0 Å². The maximum atomic E-state index is 12.3. The molecule has 32 heavy (non-hydrogen) atoms. The summed E-state index contributed by atoms with van der Waals surface area (Å²) in [6, 6.07) is 27.5. The summed E-state index contributed by atoms with van der Waals surface area (Å²) in [5, 5.41) is 0. The number of nitrogens with one attached hydrogen (secondary N) is 1. The van der Waals surface area contributed by atoms with Gasteiger partial charge in [-0.15, -0.1) is 13.2 Å². The van der Waals surface area contributed by atoms with Crippen molar-refractivity contribution in [3.8, 4) is 5.75 Å². The van der Waals surface area contributed by atoms with Crippen LogP contribution >= 0.6 is 11.9 Å². The van der Waals surface area contributed by atoms with Gasteiger partial charge in [-0.2, -0.15) is 0 Å². The number of hydrogen-bond donors (Lipinski definition) is 1. The van der Waals surface area contributed by atoms with Crippen molar-refractivity contribution in [2.75, 3.05) is 13.1 Å². The monoisotopic (exact) mass is 458 g/mol. The molecule has 1 N–H and O–H groups in total. The van der Waals surface area contributed by atoms with Crippen LogP contribution in [-0.4, -0.2) is 30.4 Å². The van der Waals surface area contributed by atoms with Crippen molar-refractivity contribution in [1.29, 1.82) is 0 Å². The van der Waals surface area contributed by atoms with Crippen LogP contribution in [0, 0.1) is 0 Å². The maximum Gasteiger partial charge on any atom is 0.573 e. The first-order chi connectivity index (χ1) is 15.5. The predicted octanol–water partition coefficient (Wildman–Crippen LogP) is 6.44. The van der Waals surface area contributed by atoms with Gasteiger partial charge < -0.3 is 4.74 Å². The summed E-state index contributed by atoms with van der Waals surface area (Å²) in [5.41, 5.74) is 2.54. The molecule has 1 unspecified atom stereocenters. The van der Waals surface area contributed by atoms with Gasteiger partial charge in [-0.25, -0.2) is 0 Å². The van der Waals surface area contributed by atoms with Crippen molar-refractivity contribution >= 4 is 11.9 Å². The van der Waals surface area contributed by atoms with E-state index in [1.165, 1.54) is 35.2 Å². The number of hydrogen-bond acceptors (Lipinski definition) is 4. The van der Waals surface area contributed by atoms with Gasteiger partial charge in [0.2, 0.25) is 0 Å². The van der Waals surface area contributed by atoms with Crippen molar-refractivity contribution in [3.05, 3.63) is 96.1 Å². The van der Waals surface area contributed by atoms with Gasteiger partial charge in [-0.3, -0.25) is 9.62 Å². The molecule has 0 amide bonds. The zero-order chi connectivity index (χ0) is 22.4. The van der Waals surface area contributed by atoms with Crippen LogP contribution in [-0.2, 0) is 0 Å². The second kappa shape index (κ2) is 10.4. The molecule has 1 aliphatic heterocycles. The summed E-state index contributed by atoms with van der Waals surface area (Å²) < 4.78 is 44.5. The number of rotatable bonds is 7. The van der Waals surface area contributed by atoms with Crippen LogP contribution in [0.15, 0.2) is 89.8 Å². The standard InChI is InChI=1S/C25H25F3N2OS/c26-25(27,28)31-22-13-15-23(16-14-22)32-29-21-12-7-17-30(18-21)24(19-8-3-1-4-9-19)20-10-5-2-6-11-20/h1-6,8-11,13-16,21,24,29H,7,12,17-18H2. The fourth-order valence-corrected chi connectivity index (χ4v) is 4.85. The first-order valence-electron chi connectivity index (χ1n) is 10.6. The number of alkyl halides is 3. The van der Waals surface area contributed by atoms with Gasteiger partial charge in [0.05, 0.1) is 6.04 Å². The van der Waals surface area contributed by atoms with Gasteiger partial charge in [-0.1, -0.05) is 60.7 Å². The SMILES string of the molecule is FC(F)(F)Oc1ccc(SNC2CCCN(C(c3ccccc3)c3ccccc3)C2)cc1. The molecule has 1 fully saturated rings. The highest BCUT2D eigenvalue weighted by molar-refractivity contribution is 7.97. The molecule has 3 nitrogen and oxygen atoms in total. The molecule has 0 spiro atoms. The molecular weight excluding hydrogens is 433 g/mol. The first-order valence-corrected chi connectivity index (χ1v) is 11.4. The lowest BCUT2D eigenvalue weighted by molar-refractivity contribution is -0.274. The van der Waals surface area contributed by atoms with Gasteiger partial charge in [0.1, 0.15) is 5.75 Å². The maximum absolute atomic E-state index is 12.3. The average Bonchev–Trinajstić information content (AvgIpc) is 2.80. The summed E-state index contributed by atoms with van der Waals surface area (Å²) in [6.07, 6.45) is -2.55. The fourth-order valence-electron chi connectivity index (χ4n) is 4.08. The molecule has 4 rings (SSSR count). The topological polar surface area (TPSA) is 24.5 Å². The van der Waals surface area contributed by atoms with Crippen molar-refractivity contribution in [3.63, 3.8) is 0 Å². The predicted molar refractivity (Wildman–Crippen MR) is 121 cm³/mol. The number of benzene rings is 3. The second-order valence-electron chi connectivity index (χ2n) is 7.80. The minimum absolute atomic E-state index is 0.186. The molecule has 0 radical (unpaired) electrons. The summed E-state index contributed by atoms with van der Waals surface area (Å²) in [4.78, 5) is 3.35. The van der Waals surface area contributed by atoms with E-state index in [2.05, 4.69) is 62.9 Å². The second-order valence-corrected chi connectivity index (χ2v) is 8.71. The van der Waals surface area contributed by atoms with Crippen molar-refractivity contribution in [2.24, 2.45) is 0 Å². The Labute approximate surface area is 190 Å². The summed E-state index contributed by atoms with van der Waals surface area (Å²) in [7, 11) is 0. The van der Waals surface area contributed by atoms with Crippen molar-refractivity contribution < 1.29 is 17.9 Å². The Balaban J connectivity index is 1.41. The molecule has 0 bridgehead atoms. The van der Waals surface area contributed by atoms with E-state index in [0.717, 1.165) is 30.8 Å². The van der Waals surface area contributed by atoms with E-state index in [9.17, 15) is 13.2 Å². The van der Waals surface area contributed by atoms with Gasteiger partial charge in [0.25, 0.3) is 0 Å². The Bertz CT molecular complexity index is 928. The van der Waals surface area contributed by atoms with Crippen LogP contribution in [0.4, 0.5) is 13.2 Å². The van der Waals surface area contributed by atoms with Gasteiger partial charge >= 0.3 is 6.36 Å². The Morgan fingerprint density at radius 1 is 0.875 bits per heavy atom. The Morgan fingerprint density at radius 3 is 2.03 bits per heavy atom. The number of ether oxygens (including phenoxy) is 1. The van der Waals surface area contributed by atoms with E-state index < -0.39 is 6.36 Å². The third-order valence-corrected chi connectivity index (χ3v) is 6.41. The molecular formula is C25H25F3N2OS. The zero-order valence-electron chi connectivity index (χ0n) is 17.5. The van der Waals surface area contributed by atoms with E-state index in [4.69, 9.17) is 0 Å². The fraction of sp³-hybridized carbons (Fsp3) is 0.280. The number of nitrogens with zero attached hydrogens (tertiary/aromatic N) is 1. The number of piperidine rings is 1. The van der Waals surface area contributed by atoms with Crippen LogP contribution in [0.2, 0.25) is 0 Å². The lowest BCUT2D eigenvalue weighted by Crippen LogP contribution is -2.45. The summed E-state index contributed by atoms with van der Waals surface area (Å²) in [6.45, 7) is 1.90. The quantitative estimate of drug-likeness (QED) is 0.412. The third kappa shape index (κ3) is 6.28. The molecule has 1 aliphatic rings.